The third-order valence-corrected chi connectivity index (χ3v) is 4.22. The molecule has 122 valence electrons. The lowest BCUT2D eigenvalue weighted by atomic mass is 10.1. The number of anilines is 1. The van der Waals surface area contributed by atoms with E-state index in [4.69, 9.17) is 4.42 Å². The van der Waals surface area contributed by atoms with Crippen molar-refractivity contribution in [2.75, 3.05) is 18.4 Å². The maximum Gasteiger partial charge on any atom is 0.293 e. The van der Waals surface area contributed by atoms with Gasteiger partial charge < -0.3 is 9.73 Å². The first-order chi connectivity index (χ1) is 11.1. The maximum absolute atomic E-state index is 12.4. The Labute approximate surface area is 136 Å². The molecule has 1 aliphatic heterocycles. The van der Waals surface area contributed by atoms with Gasteiger partial charge in [0.05, 0.1) is 5.69 Å². The lowest BCUT2D eigenvalue weighted by Gasteiger charge is -2.27. The van der Waals surface area contributed by atoms with Gasteiger partial charge >= 0.3 is 0 Å². The molecule has 1 aromatic heterocycles. The van der Waals surface area contributed by atoms with Gasteiger partial charge in [0.25, 0.3) is 5.91 Å². The van der Waals surface area contributed by atoms with Crippen molar-refractivity contribution in [3.8, 4) is 0 Å². The number of rotatable bonds is 4. The zero-order valence-electron chi connectivity index (χ0n) is 13.8. The number of para-hydroxylation sites is 1. The second-order valence-corrected chi connectivity index (χ2v) is 6.10. The van der Waals surface area contributed by atoms with E-state index in [1.165, 1.54) is 19.3 Å². The number of amides is 1. The SMILES string of the molecule is Cc1nc(C)c(C(=O)Nc2ccccc2CN2CCCCC2)o1. The van der Waals surface area contributed by atoms with Crippen LogP contribution in [0.25, 0.3) is 0 Å². The Morgan fingerprint density at radius 1 is 1.22 bits per heavy atom. The zero-order chi connectivity index (χ0) is 16.2. The smallest absolute Gasteiger partial charge is 0.293 e. The Kier molecular flexibility index (Phi) is 4.76. The van der Waals surface area contributed by atoms with Crippen LogP contribution in [-0.4, -0.2) is 28.9 Å². The van der Waals surface area contributed by atoms with E-state index in [9.17, 15) is 4.79 Å². The number of hydrogen-bond donors (Lipinski definition) is 1. The fourth-order valence-corrected chi connectivity index (χ4v) is 3.06. The molecule has 1 aliphatic rings. The number of oxazole rings is 1. The van der Waals surface area contributed by atoms with E-state index in [-0.39, 0.29) is 11.7 Å². The number of aryl methyl sites for hydroxylation is 2. The van der Waals surface area contributed by atoms with Crippen LogP contribution in [0.4, 0.5) is 5.69 Å². The Bertz CT molecular complexity index is 687. The second-order valence-electron chi connectivity index (χ2n) is 6.10. The fraction of sp³-hybridized carbons (Fsp3) is 0.444. The molecule has 1 saturated heterocycles. The highest BCUT2D eigenvalue weighted by Gasteiger charge is 2.18. The van der Waals surface area contributed by atoms with Gasteiger partial charge in [-0.25, -0.2) is 4.98 Å². The second kappa shape index (κ2) is 6.96. The molecule has 1 aromatic carbocycles. The maximum atomic E-state index is 12.4. The molecule has 1 amide bonds. The van der Waals surface area contributed by atoms with Crippen molar-refractivity contribution in [3.63, 3.8) is 0 Å². The minimum Gasteiger partial charge on any atom is -0.436 e. The van der Waals surface area contributed by atoms with Crippen LogP contribution in [0, 0.1) is 13.8 Å². The summed E-state index contributed by atoms with van der Waals surface area (Å²) in [6.45, 7) is 6.65. The highest BCUT2D eigenvalue weighted by molar-refractivity contribution is 6.03. The van der Waals surface area contributed by atoms with Crippen LogP contribution >= 0.6 is 0 Å². The van der Waals surface area contributed by atoms with Crippen LogP contribution in [0.2, 0.25) is 0 Å². The molecule has 5 heteroatoms. The summed E-state index contributed by atoms with van der Waals surface area (Å²) in [6, 6.07) is 7.96. The molecule has 0 unspecified atom stereocenters. The van der Waals surface area contributed by atoms with Crippen LogP contribution in [0.15, 0.2) is 28.7 Å². The van der Waals surface area contributed by atoms with Crippen molar-refractivity contribution in [2.45, 2.75) is 39.7 Å². The summed E-state index contributed by atoms with van der Waals surface area (Å²) >= 11 is 0. The summed E-state index contributed by atoms with van der Waals surface area (Å²) in [6.07, 6.45) is 3.83. The summed E-state index contributed by atoms with van der Waals surface area (Å²) in [5.74, 6) is 0.554. The fourth-order valence-electron chi connectivity index (χ4n) is 3.06. The molecule has 5 nitrogen and oxygen atoms in total. The van der Waals surface area contributed by atoms with Crippen LogP contribution < -0.4 is 5.32 Å². The molecule has 0 spiro atoms. The minimum absolute atomic E-state index is 0.241. The number of carbonyl (C=O) groups excluding carboxylic acids is 1. The van der Waals surface area contributed by atoms with Crippen LogP contribution in [0.3, 0.4) is 0 Å². The van der Waals surface area contributed by atoms with E-state index >= 15 is 0 Å². The van der Waals surface area contributed by atoms with Gasteiger partial charge in [-0.3, -0.25) is 9.69 Å². The zero-order valence-corrected chi connectivity index (χ0v) is 13.8. The average Bonchev–Trinajstić information content (AvgIpc) is 2.89. The van der Waals surface area contributed by atoms with Gasteiger partial charge in [-0.05, 0) is 44.5 Å². The molecule has 23 heavy (non-hydrogen) atoms. The van der Waals surface area contributed by atoms with E-state index in [2.05, 4.69) is 21.3 Å². The number of aromatic nitrogens is 1. The predicted octanol–water partition coefficient (Wildman–Crippen LogP) is 3.53. The average molecular weight is 313 g/mol. The molecule has 0 radical (unpaired) electrons. The molecular formula is C18H23N3O2. The first-order valence-electron chi connectivity index (χ1n) is 8.19. The van der Waals surface area contributed by atoms with Crippen LogP contribution in [0.5, 0.6) is 0 Å². The van der Waals surface area contributed by atoms with Crippen molar-refractivity contribution in [3.05, 3.63) is 47.2 Å². The number of nitrogens with one attached hydrogen (secondary N) is 1. The molecule has 1 fully saturated rings. The van der Waals surface area contributed by atoms with E-state index < -0.39 is 0 Å². The molecule has 0 aliphatic carbocycles. The first-order valence-corrected chi connectivity index (χ1v) is 8.19. The molecular weight excluding hydrogens is 290 g/mol. The number of piperidine rings is 1. The van der Waals surface area contributed by atoms with Gasteiger partial charge in [0.15, 0.2) is 5.89 Å². The highest BCUT2D eigenvalue weighted by atomic mass is 16.4. The van der Waals surface area contributed by atoms with E-state index in [1.807, 2.05) is 18.2 Å². The number of benzene rings is 1. The van der Waals surface area contributed by atoms with Crippen LogP contribution in [-0.2, 0) is 6.54 Å². The lowest BCUT2D eigenvalue weighted by Crippen LogP contribution is -2.29. The number of nitrogens with zero attached hydrogens (tertiary/aromatic N) is 2. The standard InChI is InChI=1S/C18H23N3O2/c1-13-17(23-14(2)19-13)18(22)20-16-9-5-4-8-15(16)12-21-10-6-3-7-11-21/h4-5,8-9H,3,6-7,10-12H2,1-2H3,(H,20,22). The normalized spacial score (nSPS) is 15.6. The van der Waals surface area contributed by atoms with Gasteiger partial charge in [0.1, 0.15) is 0 Å². The van der Waals surface area contributed by atoms with E-state index in [0.717, 1.165) is 30.9 Å². The van der Waals surface area contributed by atoms with Crippen molar-refractivity contribution in [1.29, 1.82) is 0 Å². The molecule has 2 aromatic rings. The van der Waals surface area contributed by atoms with Crippen molar-refractivity contribution in [2.24, 2.45) is 0 Å². The monoisotopic (exact) mass is 313 g/mol. The Morgan fingerprint density at radius 2 is 1.96 bits per heavy atom. The van der Waals surface area contributed by atoms with E-state index in [0.29, 0.717) is 11.6 Å². The number of likely N-dealkylation sites (tertiary alicyclic amines) is 1. The van der Waals surface area contributed by atoms with Gasteiger partial charge in [0, 0.05) is 19.2 Å². The number of carbonyl (C=O) groups is 1. The Hall–Kier alpha value is -2.14. The molecule has 0 bridgehead atoms. The Balaban J connectivity index is 1.74. The quantitative estimate of drug-likeness (QED) is 0.938. The largest absolute Gasteiger partial charge is 0.436 e. The molecule has 0 atom stereocenters. The van der Waals surface area contributed by atoms with Crippen molar-refractivity contribution < 1.29 is 9.21 Å². The molecule has 2 heterocycles. The summed E-state index contributed by atoms with van der Waals surface area (Å²) < 4.78 is 5.40. The molecule has 1 N–H and O–H groups in total. The number of hydrogen-bond acceptors (Lipinski definition) is 4. The summed E-state index contributed by atoms with van der Waals surface area (Å²) in [5.41, 5.74) is 2.60. The van der Waals surface area contributed by atoms with Gasteiger partial charge in [-0.1, -0.05) is 24.6 Å². The van der Waals surface area contributed by atoms with Crippen molar-refractivity contribution in [1.82, 2.24) is 9.88 Å². The van der Waals surface area contributed by atoms with E-state index in [1.54, 1.807) is 13.8 Å². The summed E-state index contributed by atoms with van der Waals surface area (Å²) in [7, 11) is 0. The highest BCUT2D eigenvalue weighted by Crippen LogP contribution is 2.21. The van der Waals surface area contributed by atoms with Gasteiger partial charge in [-0.2, -0.15) is 0 Å². The predicted molar refractivity (Wildman–Crippen MR) is 89.5 cm³/mol. The summed E-state index contributed by atoms with van der Waals surface area (Å²) in [5, 5.41) is 2.97. The van der Waals surface area contributed by atoms with Gasteiger partial charge in [-0.15, -0.1) is 0 Å². The first kappa shape index (κ1) is 15.7. The minimum atomic E-state index is -0.241. The topological polar surface area (TPSA) is 58.4 Å². The third-order valence-electron chi connectivity index (χ3n) is 4.22. The Morgan fingerprint density at radius 3 is 2.65 bits per heavy atom. The van der Waals surface area contributed by atoms with Crippen molar-refractivity contribution >= 4 is 11.6 Å². The van der Waals surface area contributed by atoms with Crippen LogP contribution in [0.1, 0.15) is 47.0 Å². The third kappa shape index (κ3) is 3.79. The molecule has 0 saturated carbocycles. The van der Waals surface area contributed by atoms with Gasteiger partial charge in [0.2, 0.25) is 5.76 Å². The molecule has 3 rings (SSSR count). The lowest BCUT2D eigenvalue weighted by molar-refractivity contribution is 0.0994. The summed E-state index contributed by atoms with van der Waals surface area (Å²) in [4.78, 5) is 19.0.